The topological polar surface area (TPSA) is 68.5 Å². The van der Waals surface area contributed by atoms with Crippen LogP contribution in [0.3, 0.4) is 0 Å². The summed E-state index contributed by atoms with van der Waals surface area (Å²) in [5, 5.41) is 7.57. The van der Waals surface area contributed by atoms with Gasteiger partial charge in [-0.3, -0.25) is 0 Å². The summed E-state index contributed by atoms with van der Waals surface area (Å²) in [6, 6.07) is 1.89. The number of nitrogens with one attached hydrogen (secondary N) is 1. The highest BCUT2D eigenvalue weighted by molar-refractivity contribution is 7.98. The molecule has 2 rings (SSSR count). The quantitative estimate of drug-likeness (QED) is 0.787. The second kappa shape index (κ2) is 6.46. The Kier molecular flexibility index (Phi) is 4.66. The number of thioether (sulfide) groups is 1. The number of hydrogen-bond donors (Lipinski definition) is 1. The first kappa shape index (κ1) is 13.0. The van der Waals surface area contributed by atoms with Gasteiger partial charge >= 0.3 is 0 Å². The lowest BCUT2D eigenvalue weighted by Gasteiger charge is -2.13. The lowest BCUT2D eigenvalue weighted by molar-refractivity contribution is 0.547. The predicted molar refractivity (Wildman–Crippen MR) is 71.7 cm³/mol. The predicted octanol–water partition coefficient (Wildman–Crippen LogP) is 1.07. The molecule has 0 aliphatic heterocycles. The van der Waals surface area contributed by atoms with Crippen molar-refractivity contribution in [2.24, 2.45) is 0 Å². The fraction of sp³-hybridized carbons (Fsp3) is 0.455. The van der Waals surface area contributed by atoms with Gasteiger partial charge < -0.3 is 5.32 Å². The first-order valence-corrected chi connectivity index (χ1v) is 7.12. The van der Waals surface area contributed by atoms with Crippen LogP contribution in [0.25, 0.3) is 5.95 Å². The molecule has 1 atom stereocenters. The van der Waals surface area contributed by atoms with Crippen LogP contribution in [-0.2, 0) is 0 Å². The van der Waals surface area contributed by atoms with E-state index >= 15 is 0 Å². The SMILES string of the molecule is CSCCNC(C)c1ncnn1-c1ncccn1. The van der Waals surface area contributed by atoms with E-state index in [9.17, 15) is 0 Å². The molecule has 2 aromatic heterocycles. The van der Waals surface area contributed by atoms with Gasteiger partial charge in [-0.1, -0.05) is 0 Å². The van der Waals surface area contributed by atoms with Crippen LogP contribution >= 0.6 is 11.8 Å². The molecule has 1 N–H and O–H groups in total. The molecular formula is C11H16N6S. The molecule has 0 aromatic carbocycles. The van der Waals surface area contributed by atoms with E-state index in [1.807, 2.05) is 11.8 Å². The third-order valence-corrected chi connectivity index (χ3v) is 3.07. The van der Waals surface area contributed by atoms with Crippen LogP contribution in [0.5, 0.6) is 0 Å². The molecule has 0 aliphatic rings. The van der Waals surface area contributed by atoms with Crippen LogP contribution in [0.2, 0.25) is 0 Å². The molecule has 0 saturated carbocycles. The van der Waals surface area contributed by atoms with Crippen molar-refractivity contribution in [2.75, 3.05) is 18.6 Å². The standard InChI is InChI=1S/C11H16N6S/c1-9(12-6-7-18-2)10-15-8-16-17(10)11-13-4-3-5-14-11/h3-5,8-9,12H,6-7H2,1-2H3. The van der Waals surface area contributed by atoms with Crippen LogP contribution in [0, 0.1) is 0 Å². The van der Waals surface area contributed by atoms with E-state index in [0.29, 0.717) is 5.95 Å². The van der Waals surface area contributed by atoms with Crippen LogP contribution < -0.4 is 5.32 Å². The summed E-state index contributed by atoms with van der Waals surface area (Å²) < 4.78 is 1.66. The van der Waals surface area contributed by atoms with Crippen LogP contribution in [-0.4, -0.2) is 43.3 Å². The van der Waals surface area contributed by atoms with E-state index in [4.69, 9.17) is 0 Å². The zero-order valence-electron chi connectivity index (χ0n) is 10.4. The van der Waals surface area contributed by atoms with Gasteiger partial charge in [0.25, 0.3) is 5.95 Å². The van der Waals surface area contributed by atoms with Gasteiger partial charge in [-0.05, 0) is 19.2 Å². The van der Waals surface area contributed by atoms with Gasteiger partial charge in [-0.15, -0.1) is 0 Å². The average Bonchev–Trinajstić information content (AvgIpc) is 2.89. The Morgan fingerprint density at radius 1 is 1.33 bits per heavy atom. The summed E-state index contributed by atoms with van der Waals surface area (Å²) in [6.07, 6.45) is 7.00. The van der Waals surface area contributed by atoms with Crippen molar-refractivity contribution >= 4 is 11.8 Å². The lowest BCUT2D eigenvalue weighted by Crippen LogP contribution is -2.24. The highest BCUT2D eigenvalue weighted by Crippen LogP contribution is 2.11. The maximum absolute atomic E-state index is 4.27. The van der Waals surface area contributed by atoms with Crippen molar-refractivity contribution in [3.8, 4) is 5.95 Å². The second-order valence-corrected chi connectivity index (χ2v) is 4.73. The minimum atomic E-state index is 0.114. The minimum absolute atomic E-state index is 0.114. The number of nitrogens with zero attached hydrogens (tertiary/aromatic N) is 5. The molecule has 96 valence electrons. The highest BCUT2D eigenvalue weighted by Gasteiger charge is 2.14. The molecule has 2 aromatic rings. The zero-order chi connectivity index (χ0) is 12.8. The molecule has 2 heterocycles. The Morgan fingerprint density at radius 2 is 2.11 bits per heavy atom. The van der Waals surface area contributed by atoms with E-state index in [0.717, 1.165) is 18.1 Å². The third-order valence-electron chi connectivity index (χ3n) is 2.46. The molecular weight excluding hydrogens is 248 g/mol. The normalized spacial score (nSPS) is 12.6. The molecule has 18 heavy (non-hydrogen) atoms. The molecule has 0 fully saturated rings. The van der Waals surface area contributed by atoms with Gasteiger partial charge in [0, 0.05) is 24.7 Å². The number of hydrogen-bond acceptors (Lipinski definition) is 6. The summed E-state index contributed by atoms with van der Waals surface area (Å²) in [6.45, 7) is 2.99. The first-order chi connectivity index (χ1) is 8.83. The maximum atomic E-state index is 4.27. The van der Waals surface area contributed by atoms with E-state index in [2.05, 4.69) is 38.5 Å². The molecule has 7 heteroatoms. The van der Waals surface area contributed by atoms with Crippen molar-refractivity contribution in [2.45, 2.75) is 13.0 Å². The average molecular weight is 264 g/mol. The largest absolute Gasteiger partial charge is 0.307 e. The lowest BCUT2D eigenvalue weighted by atomic mass is 10.3. The summed E-state index contributed by atoms with van der Waals surface area (Å²) >= 11 is 1.81. The molecule has 6 nitrogen and oxygen atoms in total. The van der Waals surface area contributed by atoms with E-state index in [1.54, 1.807) is 23.1 Å². The van der Waals surface area contributed by atoms with Gasteiger partial charge in [0.05, 0.1) is 6.04 Å². The third kappa shape index (κ3) is 3.05. The Balaban J connectivity index is 2.12. The van der Waals surface area contributed by atoms with Gasteiger partial charge in [-0.2, -0.15) is 21.5 Å². The summed E-state index contributed by atoms with van der Waals surface area (Å²) in [5.41, 5.74) is 0. The molecule has 0 aliphatic carbocycles. The Bertz CT molecular complexity index is 471. The summed E-state index contributed by atoms with van der Waals surface area (Å²) in [4.78, 5) is 12.6. The maximum Gasteiger partial charge on any atom is 0.252 e. The monoisotopic (exact) mass is 264 g/mol. The van der Waals surface area contributed by atoms with Gasteiger partial charge in [0.15, 0.2) is 5.82 Å². The van der Waals surface area contributed by atoms with Crippen LogP contribution in [0.4, 0.5) is 0 Å². The van der Waals surface area contributed by atoms with Crippen molar-refractivity contribution in [1.82, 2.24) is 30.0 Å². The molecule has 1 unspecified atom stereocenters. The Hall–Kier alpha value is -1.47. The Labute approximate surface area is 110 Å². The zero-order valence-corrected chi connectivity index (χ0v) is 11.3. The van der Waals surface area contributed by atoms with E-state index in [1.165, 1.54) is 6.33 Å². The minimum Gasteiger partial charge on any atom is -0.307 e. The molecule has 0 amide bonds. The second-order valence-electron chi connectivity index (χ2n) is 3.75. The summed E-state index contributed by atoms with van der Waals surface area (Å²) in [5.74, 6) is 2.44. The molecule has 0 bridgehead atoms. The Morgan fingerprint density at radius 3 is 2.83 bits per heavy atom. The van der Waals surface area contributed by atoms with E-state index in [-0.39, 0.29) is 6.04 Å². The highest BCUT2D eigenvalue weighted by atomic mass is 32.2. The first-order valence-electron chi connectivity index (χ1n) is 5.72. The van der Waals surface area contributed by atoms with Crippen LogP contribution in [0.1, 0.15) is 18.8 Å². The molecule has 0 spiro atoms. The van der Waals surface area contributed by atoms with Gasteiger partial charge in [0.1, 0.15) is 6.33 Å². The van der Waals surface area contributed by atoms with Crippen LogP contribution in [0.15, 0.2) is 24.8 Å². The fourth-order valence-electron chi connectivity index (χ4n) is 1.57. The number of rotatable bonds is 6. The van der Waals surface area contributed by atoms with Crippen molar-refractivity contribution < 1.29 is 0 Å². The number of aromatic nitrogens is 5. The van der Waals surface area contributed by atoms with Crippen molar-refractivity contribution in [1.29, 1.82) is 0 Å². The van der Waals surface area contributed by atoms with Gasteiger partial charge in [-0.25, -0.2) is 15.0 Å². The molecule has 0 radical (unpaired) electrons. The molecule has 0 saturated heterocycles. The fourth-order valence-corrected chi connectivity index (χ4v) is 1.89. The van der Waals surface area contributed by atoms with Gasteiger partial charge in [0.2, 0.25) is 0 Å². The smallest absolute Gasteiger partial charge is 0.252 e. The van der Waals surface area contributed by atoms with Crippen molar-refractivity contribution in [3.63, 3.8) is 0 Å². The van der Waals surface area contributed by atoms with Crippen molar-refractivity contribution in [3.05, 3.63) is 30.6 Å². The summed E-state index contributed by atoms with van der Waals surface area (Å²) in [7, 11) is 0. The van der Waals surface area contributed by atoms with E-state index < -0.39 is 0 Å².